The zero-order chi connectivity index (χ0) is 22.0. The quantitative estimate of drug-likeness (QED) is 0.663. The molecule has 9 heteroatoms. The number of ether oxygens (including phenoxy) is 1. The van der Waals surface area contributed by atoms with E-state index in [9.17, 15) is 9.59 Å². The molecule has 8 nitrogen and oxygen atoms in total. The minimum Gasteiger partial charge on any atom is -0.449 e. The van der Waals surface area contributed by atoms with Gasteiger partial charge in [0.05, 0.1) is 29.0 Å². The number of hydrogen-bond acceptors (Lipinski definition) is 5. The van der Waals surface area contributed by atoms with E-state index in [1.165, 1.54) is 0 Å². The van der Waals surface area contributed by atoms with Gasteiger partial charge in [0, 0.05) is 48.4 Å². The van der Waals surface area contributed by atoms with Crippen LogP contribution in [0.5, 0.6) is 0 Å². The first-order chi connectivity index (χ1) is 15.0. The Morgan fingerprint density at radius 3 is 2.58 bits per heavy atom. The first kappa shape index (κ1) is 21.1. The zero-order valence-electron chi connectivity index (χ0n) is 17.5. The summed E-state index contributed by atoms with van der Waals surface area (Å²) in [5, 5.41) is 8.30. The summed E-state index contributed by atoms with van der Waals surface area (Å²) in [6.45, 7) is 6.10. The van der Waals surface area contributed by atoms with Crippen molar-refractivity contribution in [2.45, 2.75) is 20.3 Å². The van der Waals surface area contributed by atoms with Crippen molar-refractivity contribution >= 4 is 34.5 Å². The van der Waals surface area contributed by atoms with Crippen molar-refractivity contribution in [3.05, 3.63) is 46.7 Å². The maximum Gasteiger partial charge on any atom is 0.409 e. The lowest BCUT2D eigenvalue weighted by molar-refractivity contribution is 0.0560. The van der Waals surface area contributed by atoms with Gasteiger partial charge >= 0.3 is 6.09 Å². The van der Waals surface area contributed by atoms with Gasteiger partial charge in [-0.3, -0.25) is 9.89 Å². The van der Waals surface area contributed by atoms with Crippen LogP contribution in [-0.4, -0.2) is 69.8 Å². The molecule has 3 heterocycles. The molecule has 31 heavy (non-hydrogen) atoms. The highest BCUT2D eigenvalue weighted by atomic mass is 35.5. The number of carbonyl (C=O) groups excluding carboxylic acids is 2. The van der Waals surface area contributed by atoms with Crippen molar-refractivity contribution in [2.75, 3.05) is 32.8 Å². The van der Waals surface area contributed by atoms with Crippen molar-refractivity contribution in [1.29, 1.82) is 0 Å². The van der Waals surface area contributed by atoms with E-state index < -0.39 is 0 Å². The van der Waals surface area contributed by atoms with Gasteiger partial charge in [-0.05, 0) is 31.5 Å². The summed E-state index contributed by atoms with van der Waals surface area (Å²) in [5.41, 5.74) is 3.65. The molecule has 0 unspecified atom stereocenters. The van der Waals surface area contributed by atoms with Crippen LogP contribution in [0.2, 0.25) is 5.02 Å². The number of carbonyl (C=O) groups is 2. The van der Waals surface area contributed by atoms with Gasteiger partial charge in [-0.1, -0.05) is 24.6 Å². The molecule has 0 atom stereocenters. The summed E-state index contributed by atoms with van der Waals surface area (Å²) in [6.07, 6.45) is 2.17. The van der Waals surface area contributed by atoms with Crippen molar-refractivity contribution in [3.63, 3.8) is 0 Å². The molecule has 1 fully saturated rings. The van der Waals surface area contributed by atoms with E-state index in [0.717, 1.165) is 23.1 Å². The Kier molecular flexibility index (Phi) is 6.08. The van der Waals surface area contributed by atoms with Crippen LogP contribution in [-0.2, 0) is 4.74 Å². The van der Waals surface area contributed by atoms with Crippen LogP contribution in [0.3, 0.4) is 0 Å². The Labute approximate surface area is 185 Å². The van der Waals surface area contributed by atoms with Crippen molar-refractivity contribution in [3.8, 4) is 11.3 Å². The minimum atomic E-state index is -0.319. The van der Waals surface area contributed by atoms with E-state index in [-0.39, 0.29) is 12.0 Å². The summed E-state index contributed by atoms with van der Waals surface area (Å²) in [7, 11) is 0. The standard InChI is InChI=1S/C22H24ClN5O3/c1-3-10-31-22(30)28-8-6-27(7-9-28)21(29)15-4-5-16-18(23)12-20(25-19(16)11-15)17-13-24-26-14(17)2/h4-5,11-13H,3,6-10H2,1-2H3,(H,24,26). The predicted molar refractivity (Wildman–Crippen MR) is 118 cm³/mol. The summed E-state index contributed by atoms with van der Waals surface area (Å²) in [4.78, 5) is 33.2. The number of piperazine rings is 1. The van der Waals surface area contributed by atoms with E-state index in [0.29, 0.717) is 54.6 Å². The van der Waals surface area contributed by atoms with E-state index in [1.54, 1.807) is 34.2 Å². The molecular formula is C22H24ClN5O3. The van der Waals surface area contributed by atoms with Gasteiger partial charge in [-0.15, -0.1) is 0 Å². The lowest BCUT2D eigenvalue weighted by Gasteiger charge is -2.34. The third-order valence-electron chi connectivity index (χ3n) is 5.37. The average Bonchev–Trinajstić information content (AvgIpc) is 3.22. The Bertz CT molecular complexity index is 1120. The minimum absolute atomic E-state index is 0.0914. The summed E-state index contributed by atoms with van der Waals surface area (Å²) >= 11 is 6.48. The second-order valence-electron chi connectivity index (χ2n) is 7.52. The largest absolute Gasteiger partial charge is 0.449 e. The number of pyridine rings is 1. The monoisotopic (exact) mass is 441 g/mol. The SMILES string of the molecule is CCCOC(=O)N1CCN(C(=O)c2ccc3c(Cl)cc(-c4cn[nH]c4C)nc3c2)CC1. The number of aromatic amines is 1. The van der Waals surface area contributed by atoms with Crippen LogP contribution < -0.4 is 0 Å². The molecule has 1 aliphatic rings. The fourth-order valence-electron chi connectivity index (χ4n) is 3.62. The highest BCUT2D eigenvalue weighted by Crippen LogP contribution is 2.29. The number of halogens is 1. The molecule has 2 aromatic heterocycles. The van der Waals surface area contributed by atoms with Gasteiger partial charge < -0.3 is 14.5 Å². The molecule has 0 aliphatic carbocycles. The molecule has 4 rings (SSSR count). The number of aromatic nitrogens is 3. The van der Waals surface area contributed by atoms with Gasteiger partial charge in [-0.2, -0.15) is 5.10 Å². The Morgan fingerprint density at radius 2 is 1.90 bits per heavy atom. The van der Waals surface area contributed by atoms with Crippen LogP contribution in [0.25, 0.3) is 22.2 Å². The molecule has 1 aliphatic heterocycles. The Hall–Kier alpha value is -3.13. The summed E-state index contributed by atoms with van der Waals surface area (Å²) in [5.74, 6) is -0.0914. The molecule has 2 amide bonds. The highest BCUT2D eigenvalue weighted by Gasteiger charge is 2.26. The van der Waals surface area contributed by atoms with Crippen LogP contribution in [0.4, 0.5) is 4.79 Å². The maximum absolute atomic E-state index is 13.1. The molecule has 0 radical (unpaired) electrons. The predicted octanol–water partition coefficient (Wildman–Crippen LogP) is 3.89. The topological polar surface area (TPSA) is 91.4 Å². The highest BCUT2D eigenvalue weighted by molar-refractivity contribution is 6.35. The van der Waals surface area contributed by atoms with E-state index in [4.69, 9.17) is 21.3 Å². The third-order valence-corrected chi connectivity index (χ3v) is 5.68. The lowest BCUT2D eigenvalue weighted by atomic mass is 10.1. The number of fused-ring (bicyclic) bond motifs is 1. The second kappa shape index (κ2) is 8.93. The van der Waals surface area contributed by atoms with Gasteiger partial charge in [0.15, 0.2) is 0 Å². The first-order valence-corrected chi connectivity index (χ1v) is 10.7. The number of aryl methyl sites for hydroxylation is 1. The van der Waals surface area contributed by atoms with Gasteiger partial charge in [-0.25, -0.2) is 9.78 Å². The van der Waals surface area contributed by atoms with E-state index >= 15 is 0 Å². The summed E-state index contributed by atoms with van der Waals surface area (Å²) < 4.78 is 5.18. The fourth-order valence-corrected chi connectivity index (χ4v) is 3.88. The molecule has 1 aromatic carbocycles. The molecule has 162 valence electrons. The number of H-pyrrole nitrogens is 1. The van der Waals surface area contributed by atoms with Gasteiger partial charge in [0.2, 0.25) is 0 Å². The van der Waals surface area contributed by atoms with E-state index in [1.807, 2.05) is 19.9 Å². The number of hydrogen-bond donors (Lipinski definition) is 1. The number of nitrogens with zero attached hydrogens (tertiary/aromatic N) is 4. The van der Waals surface area contributed by atoms with Crippen LogP contribution in [0.1, 0.15) is 29.4 Å². The summed E-state index contributed by atoms with van der Waals surface area (Å²) in [6, 6.07) is 7.16. The Balaban J connectivity index is 1.52. The van der Waals surface area contributed by atoms with E-state index in [2.05, 4.69) is 10.2 Å². The molecule has 3 aromatic rings. The zero-order valence-corrected chi connectivity index (χ0v) is 18.3. The van der Waals surface area contributed by atoms with Crippen LogP contribution in [0.15, 0.2) is 30.5 Å². The molecule has 0 saturated carbocycles. The van der Waals surface area contributed by atoms with Gasteiger partial charge in [0.25, 0.3) is 5.91 Å². The van der Waals surface area contributed by atoms with Crippen molar-refractivity contribution in [2.24, 2.45) is 0 Å². The van der Waals surface area contributed by atoms with Crippen molar-refractivity contribution in [1.82, 2.24) is 25.0 Å². The fraction of sp³-hybridized carbons (Fsp3) is 0.364. The molecule has 1 N–H and O–H groups in total. The third kappa shape index (κ3) is 4.34. The number of amides is 2. The molecule has 1 saturated heterocycles. The van der Waals surface area contributed by atoms with Gasteiger partial charge in [0.1, 0.15) is 0 Å². The smallest absolute Gasteiger partial charge is 0.409 e. The average molecular weight is 442 g/mol. The first-order valence-electron chi connectivity index (χ1n) is 10.3. The number of nitrogens with one attached hydrogen (secondary N) is 1. The number of benzene rings is 1. The molecule has 0 spiro atoms. The molecular weight excluding hydrogens is 418 g/mol. The lowest BCUT2D eigenvalue weighted by Crippen LogP contribution is -2.50. The van der Waals surface area contributed by atoms with Crippen molar-refractivity contribution < 1.29 is 14.3 Å². The molecule has 0 bridgehead atoms. The normalized spacial score (nSPS) is 14.2. The van der Waals surface area contributed by atoms with Crippen LogP contribution >= 0.6 is 11.6 Å². The Morgan fingerprint density at radius 1 is 1.16 bits per heavy atom. The van der Waals surface area contributed by atoms with Crippen LogP contribution in [0, 0.1) is 6.92 Å². The maximum atomic E-state index is 13.1. The second-order valence-corrected chi connectivity index (χ2v) is 7.93. The number of rotatable bonds is 4.